The van der Waals surface area contributed by atoms with Gasteiger partial charge < -0.3 is 14.5 Å². The second-order valence-electron chi connectivity index (χ2n) is 5.35. The summed E-state index contributed by atoms with van der Waals surface area (Å²) in [6, 6.07) is 4.80. The molecule has 128 valence electrons. The molecular weight excluding hydrogens is 314 g/mol. The first kappa shape index (κ1) is 17.5. The van der Waals surface area contributed by atoms with Crippen molar-refractivity contribution in [2.45, 2.75) is 6.92 Å². The van der Waals surface area contributed by atoms with Crippen LogP contribution in [0.2, 0.25) is 0 Å². The second-order valence-corrected chi connectivity index (χ2v) is 5.35. The molecular formula is C16H19N3O5. The summed E-state index contributed by atoms with van der Waals surface area (Å²) in [7, 11) is 1.26. The molecule has 24 heavy (non-hydrogen) atoms. The first-order chi connectivity index (χ1) is 11.4. The van der Waals surface area contributed by atoms with E-state index in [9.17, 15) is 19.7 Å². The molecule has 0 atom stereocenters. The molecule has 1 aromatic rings. The van der Waals surface area contributed by atoms with E-state index < -0.39 is 10.9 Å². The maximum absolute atomic E-state index is 11.4. The van der Waals surface area contributed by atoms with Crippen LogP contribution in [0.15, 0.2) is 24.3 Å². The number of nitro groups is 1. The quantitative estimate of drug-likeness (QED) is 0.358. The molecule has 1 aromatic carbocycles. The summed E-state index contributed by atoms with van der Waals surface area (Å²) in [6.45, 7) is 3.67. The van der Waals surface area contributed by atoms with E-state index in [-0.39, 0.29) is 11.6 Å². The number of carbonyl (C=O) groups excluding carboxylic acids is 2. The molecule has 1 aliphatic heterocycles. The van der Waals surface area contributed by atoms with Gasteiger partial charge in [-0.3, -0.25) is 14.9 Å². The lowest BCUT2D eigenvalue weighted by atomic mass is 10.1. The van der Waals surface area contributed by atoms with Crippen LogP contribution < -0.4 is 4.90 Å². The molecule has 0 spiro atoms. The summed E-state index contributed by atoms with van der Waals surface area (Å²) in [6.07, 6.45) is 2.68. The van der Waals surface area contributed by atoms with Crippen molar-refractivity contribution < 1.29 is 19.2 Å². The molecule has 0 N–H and O–H groups in total. The van der Waals surface area contributed by atoms with Gasteiger partial charge in [-0.1, -0.05) is 6.07 Å². The molecule has 8 heteroatoms. The number of hydrogen-bond acceptors (Lipinski definition) is 6. The van der Waals surface area contributed by atoms with E-state index in [4.69, 9.17) is 0 Å². The number of ether oxygens (including phenoxy) is 1. The average Bonchev–Trinajstić information content (AvgIpc) is 2.59. The maximum Gasteiger partial charge on any atom is 0.330 e. The van der Waals surface area contributed by atoms with E-state index >= 15 is 0 Å². The topological polar surface area (TPSA) is 93.0 Å². The molecule has 1 aliphatic rings. The van der Waals surface area contributed by atoms with E-state index in [1.54, 1.807) is 17.0 Å². The molecule has 1 saturated heterocycles. The minimum atomic E-state index is -0.526. The number of nitrogens with zero attached hydrogens (tertiary/aromatic N) is 3. The first-order valence-corrected chi connectivity index (χ1v) is 7.47. The van der Waals surface area contributed by atoms with Gasteiger partial charge in [0.2, 0.25) is 5.91 Å². The molecule has 0 unspecified atom stereocenters. The Morgan fingerprint density at radius 3 is 2.46 bits per heavy atom. The number of anilines is 1. The Hall–Kier alpha value is -2.90. The highest BCUT2D eigenvalue weighted by Gasteiger charge is 2.24. The zero-order chi connectivity index (χ0) is 17.7. The lowest BCUT2D eigenvalue weighted by Crippen LogP contribution is -2.48. The fraction of sp³-hybridized carbons (Fsp3) is 0.375. The molecule has 2 rings (SSSR count). The van der Waals surface area contributed by atoms with Crippen LogP contribution in [0.5, 0.6) is 0 Å². The first-order valence-electron chi connectivity index (χ1n) is 7.47. The third kappa shape index (κ3) is 4.09. The van der Waals surface area contributed by atoms with Crippen molar-refractivity contribution in [3.05, 3.63) is 40.0 Å². The minimum Gasteiger partial charge on any atom is -0.466 e. The van der Waals surface area contributed by atoms with Crippen LogP contribution in [0, 0.1) is 10.1 Å². The van der Waals surface area contributed by atoms with Gasteiger partial charge in [-0.25, -0.2) is 4.79 Å². The van der Waals surface area contributed by atoms with Crippen LogP contribution in [-0.2, 0) is 14.3 Å². The number of piperazine rings is 1. The van der Waals surface area contributed by atoms with Crippen LogP contribution in [0.1, 0.15) is 12.5 Å². The Morgan fingerprint density at radius 2 is 1.92 bits per heavy atom. The Balaban J connectivity index is 2.21. The summed E-state index contributed by atoms with van der Waals surface area (Å²) < 4.78 is 4.50. The largest absolute Gasteiger partial charge is 0.466 e. The summed E-state index contributed by atoms with van der Waals surface area (Å²) in [5.74, 6) is -0.519. The van der Waals surface area contributed by atoms with Gasteiger partial charge in [0.25, 0.3) is 5.69 Å². The molecule has 0 bridgehead atoms. The lowest BCUT2D eigenvalue weighted by molar-refractivity contribution is -0.384. The zero-order valence-corrected chi connectivity index (χ0v) is 13.6. The van der Waals surface area contributed by atoms with E-state index in [2.05, 4.69) is 4.74 Å². The number of carbonyl (C=O) groups is 2. The summed E-state index contributed by atoms with van der Waals surface area (Å²) in [5.41, 5.74) is 1.02. The minimum absolute atomic E-state index is 0.00689. The smallest absolute Gasteiger partial charge is 0.330 e. The monoisotopic (exact) mass is 333 g/mol. The van der Waals surface area contributed by atoms with Gasteiger partial charge in [-0.15, -0.1) is 0 Å². The van der Waals surface area contributed by atoms with Crippen LogP contribution in [0.25, 0.3) is 6.08 Å². The molecule has 1 fully saturated rings. The second kappa shape index (κ2) is 7.58. The zero-order valence-electron chi connectivity index (χ0n) is 13.6. The average molecular weight is 333 g/mol. The molecule has 1 amide bonds. The van der Waals surface area contributed by atoms with Gasteiger partial charge in [0.05, 0.1) is 12.0 Å². The summed E-state index contributed by atoms with van der Waals surface area (Å²) in [5, 5.41) is 11.4. The van der Waals surface area contributed by atoms with Crippen LogP contribution in [0.3, 0.4) is 0 Å². The van der Waals surface area contributed by atoms with E-state index in [0.717, 1.165) is 0 Å². The van der Waals surface area contributed by atoms with Crippen molar-refractivity contribution in [2.75, 3.05) is 38.2 Å². The summed E-state index contributed by atoms with van der Waals surface area (Å²) in [4.78, 5) is 37.0. The van der Waals surface area contributed by atoms with Gasteiger partial charge in [-0.05, 0) is 17.7 Å². The number of benzene rings is 1. The van der Waals surface area contributed by atoms with Gasteiger partial charge in [0.1, 0.15) is 5.69 Å². The van der Waals surface area contributed by atoms with Gasteiger partial charge >= 0.3 is 5.97 Å². The predicted octanol–water partition coefficient (Wildman–Crippen LogP) is 1.45. The lowest BCUT2D eigenvalue weighted by Gasteiger charge is -2.35. The molecule has 0 saturated carbocycles. The Kier molecular flexibility index (Phi) is 5.51. The standard InChI is InChI=1S/C16H19N3O5/c1-12(20)17-7-9-18(10-8-17)14-5-3-13(4-6-16(21)24-2)11-15(14)19(22)23/h3-6,11H,7-10H2,1-2H3/b6-4+. The molecule has 0 aliphatic carbocycles. The van der Waals surface area contributed by atoms with Gasteiger partial charge in [0, 0.05) is 45.2 Å². The number of esters is 1. The van der Waals surface area contributed by atoms with Crippen molar-refractivity contribution in [1.29, 1.82) is 0 Å². The highest BCUT2D eigenvalue weighted by Crippen LogP contribution is 2.30. The Morgan fingerprint density at radius 1 is 1.25 bits per heavy atom. The highest BCUT2D eigenvalue weighted by molar-refractivity contribution is 5.87. The van der Waals surface area contributed by atoms with Crippen LogP contribution in [-0.4, -0.2) is 55.0 Å². The number of nitro benzene ring substituents is 1. The van der Waals surface area contributed by atoms with Crippen LogP contribution in [0.4, 0.5) is 11.4 Å². The molecule has 0 radical (unpaired) electrons. The number of methoxy groups -OCH3 is 1. The van der Waals surface area contributed by atoms with Crippen molar-refractivity contribution in [3.8, 4) is 0 Å². The SMILES string of the molecule is COC(=O)/C=C/c1ccc(N2CCN(C(C)=O)CC2)c([N+](=O)[O-])c1. The third-order valence-electron chi connectivity index (χ3n) is 3.87. The molecule has 8 nitrogen and oxygen atoms in total. The van der Waals surface area contributed by atoms with Crippen molar-refractivity contribution >= 4 is 29.3 Å². The Labute approximate surface area is 139 Å². The van der Waals surface area contributed by atoms with E-state index in [0.29, 0.717) is 37.4 Å². The van der Waals surface area contributed by atoms with Gasteiger partial charge in [0.15, 0.2) is 0 Å². The number of hydrogen-bond donors (Lipinski definition) is 0. The number of amides is 1. The third-order valence-corrected chi connectivity index (χ3v) is 3.87. The predicted molar refractivity (Wildman–Crippen MR) is 88.6 cm³/mol. The van der Waals surface area contributed by atoms with Crippen molar-refractivity contribution in [1.82, 2.24) is 4.90 Å². The fourth-order valence-electron chi connectivity index (χ4n) is 2.55. The van der Waals surface area contributed by atoms with E-state index in [1.165, 1.54) is 32.3 Å². The van der Waals surface area contributed by atoms with E-state index in [1.807, 2.05) is 4.90 Å². The van der Waals surface area contributed by atoms with Crippen molar-refractivity contribution in [2.24, 2.45) is 0 Å². The van der Waals surface area contributed by atoms with Crippen LogP contribution >= 0.6 is 0 Å². The van der Waals surface area contributed by atoms with Crippen molar-refractivity contribution in [3.63, 3.8) is 0 Å². The Bertz CT molecular complexity index is 678. The summed E-state index contributed by atoms with van der Waals surface area (Å²) >= 11 is 0. The maximum atomic E-state index is 11.4. The number of rotatable bonds is 4. The normalized spacial score (nSPS) is 14.8. The highest BCUT2D eigenvalue weighted by atomic mass is 16.6. The molecule has 0 aromatic heterocycles. The molecule has 1 heterocycles. The van der Waals surface area contributed by atoms with Gasteiger partial charge in [-0.2, -0.15) is 0 Å². The fourth-order valence-corrected chi connectivity index (χ4v) is 2.55.